The summed E-state index contributed by atoms with van der Waals surface area (Å²) in [4.78, 5) is 16.1. The zero-order valence-corrected chi connectivity index (χ0v) is 13.1. The molecule has 1 unspecified atom stereocenters. The molecule has 1 amide bonds. The quantitative estimate of drug-likeness (QED) is 0.748. The van der Waals surface area contributed by atoms with Gasteiger partial charge in [-0.1, -0.05) is 6.07 Å². The van der Waals surface area contributed by atoms with E-state index >= 15 is 0 Å². The number of imidazole rings is 1. The van der Waals surface area contributed by atoms with Crippen LogP contribution in [0.2, 0.25) is 0 Å². The van der Waals surface area contributed by atoms with Crippen molar-refractivity contribution < 1.29 is 18.7 Å². The molecule has 0 spiro atoms. The van der Waals surface area contributed by atoms with Crippen LogP contribution in [0.4, 0.5) is 8.78 Å². The van der Waals surface area contributed by atoms with Crippen molar-refractivity contribution in [2.75, 3.05) is 6.54 Å². The molecule has 0 aliphatic carbocycles. The molecule has 0 bridgehead atoms. The van der Waals surface area contributed by atoms with E-state index in [1.54, 1.807) is 47.6 Å². The highest BCUT2D eigenvalue weighted by atomic mass is 19.1. The second-order valence-corrected chi connectivity index (χ2v) is 5.38. The second-order valence-electron chi connectivity index (χ2n) is 5.38. The van der Waals surface area contributed by atoms with Crippen LogP contribution < -0.4 is 5.32 Å². The molecule has 7 heteroatoms. The summed E-state index contributed by atoms with van der Waals surface area (Å²) in [7, 11) is 0. The minimum absolute atomic E-state index is 0.306. The number of aliphatic hydroxyl groups excluding tert-OH is 1. The number of aromatic nitrogens is 2. The van der Waals surface area contributed by atoms with Gasteiger partial charge in [0.25, 0.3) is 5.91 Å². The van der Waals surface area contributed by atoms with Crippen molar-refractivity contribution in [1.29, 1.82) is 0 Å². The molecule has 1 atom stereocenters. The Hall–Kier alpha value is -3.06. The summed E-state index contributed by atoms with van der Waals surface area (Å²) in [6, 6.07) is 10.0. The van der Waals surface area contributed by atoms with Crippen LogP contribution in [0, 0.1) is 11.6 Å². The van der Waals surface area contributed by atoms with Gasteiger partial charge in [-0.25, -0.2) is 13.8 Å². The van der Waals surface area contributed by atoms with Crippen LogP contribution in [0.3, 0.4) is 0 Å². The summed E-state index contributed by atoms with van der Waals surface area (Å²) in [5.41, 5.74) is 0.742. The van der Waals surface area contributed by atoms with Gasteiger partial charge in [0.05, 0.1) is 11.9 Å². The van der Waals surface area contributed by atoms with Gasteiger partial charge in [0.15, 0.2) is 0 Å². The summed E-state index contributed by atoms with van der Waals surface area (Å²) in [5, 5.41) is 12.4. The first-order valence-corrected chi connectivity index (χ1v) is 7.55. The molecule has 128 valence electrons. The number of benzene rings is 2. The lowest BCUT2D eigenvalue weighted by atomic mass is 10.1. The standard InChI is InChI=1S/C18H15F2N3O2/c19-14-2-1-3-15(20)17(14)16(24)10-22-18(25)12-4-6-13(7-5-12)23-9-8-21-11-23/h1-9,11,16,24H,10H2,(H,22,25). The maximum Gasteiger partial charge on any atom is 0.251 e. The topological polar surface area (TPSA) is 67.2 Å². The molecular weight excluding hydrogens is 328 g/mol. The van der Waals surface area contributed by atoms with E-state index in [2.05, 4.69) is 10.3 Å². The minimum Gasteiger partial charge on any atom is -0.386 e. The number of hydrogen-bond acceptors (Lipinski definition) is 3. The average Bonchev–Trinajstić information content (AvgIpc) is 3.14. The summed E-state index contributed by atoms with van der Waals surface area (Å²) < 4.78 is 29.0. The Morgan fingerprint density at radius 1 is 1.16 bits per heavy atom. The summed E-state index contributed by atoms with van der Waals surface area (Å²) in [5.74, 6) is -2.16. The predicted molar refractivity (Wildman–Crippen MR) is 87.2 cm³/mol. The Balaban J connectivity index is 1.64. The summed E-state index contributed by atoms with van der Waals surface area (Å²) in [6.07, 6.45) is 3.57. The molecule has 2 aromatic carbocycles. The Morgan fingerprint density at radius 3 is 2.44 bits per heavy atom. The number of aliphatic hydroxyl groups is 1. The fourth-order valence-corrected chi connectivity index (χ4v) is 2.42. The van der Waals surface area contributed by atoms with E-state index in [0.717, 1.165) is 17.8 Å². The molecule has 0 aliphatic heterocycles. The number of carbonyl (C=O) groups excluding carboxylic acids is 1. The monoisotopic (exact) mass is 343 g/mol. The Bertz CT molecular complexity index is 844. The maximum absolute atomic E-state index is 13.6. The third kappa shape index (κ3) is 3.72. The number of nitrogens with zero attached hydrogens (tertiary/aromatic N) is 2. The lowest BCUT2D eigenvalue weighted by Crippen LogP contribution is -2.29. The van der Waals surface area contributed by atoms with Crippen LogP contribution in [0.15, 0.2) is 61.2 Å². The van der Waals surface area contributed by atoms with E-state index in [0.29, 0.717) is 5.56 Å². The van der Waals surface area contributed by atoms with Crippen LogP contribution in [0.1, 0.15) is 22.0 Å². The highest BCUT2D eigenvalue weighted by Gasteiger charge is 2.18. The van der Waals surface area contributed by atoms with Crippen LogP contribution >= 0.6 is 0 Å². The van der Waals surface area contributed by atoms with E-state index in [9.17, 15) is 18.7 Å². The molecule has 0 aliphatic rings. The van der Waals surface area contributed by atoms with Crippen LogP contribution in [-0.2, 0) is 0 Å². The van der Waals surface area contributed by atoms with E-state index in [1.165, 1.54) is 6.07 Å². The van der Waals surface area contributed by atoms with Crippen molar-refractivity contribution in [1.82, 2.24) is 14.9 Å². The van der Waals surface area contributed by atoms with E-state index < -0.39 is 29.2 Å². The van der Waals surface area contributed by atoms with Gasteiger partial charge in [-0.3, -0.25) is 4.79 Å². The van der Waals surface area contributed by atoms with Crippen molar-refractivity contribution in [3.8, 4) is 5.69 Å². The Labute approximate surface area is 142 Å². The molecule has 3 rings (SSSR count). The predicted octanol–water partition coefficient (Wildman–Crippen LogP) is 2.61. The van der Waals surface area contributed by atoms with Crippen LogP contribution in [0.5, 0.6) is 0 Å². The molecule has 0 saturated heterocycles. The fraction of sp³-hybridized carbons (Fsp3) is 0.111. The molecule has 3 aromatic rings. The number of carbonyl (C=O) groups is 1. The molecule has 5 nitrogen and oxygen atoms in total. The number of amides is 1. The zero-order valence-electron chi connectivity index (χ0n) is 13.1. The van der Waals surface area contributed by atoms with E-state index in [4.69, 9.17) is 0 Å². The summed E-state index contributed by atoms with van der Waals surface area (Å²) >= 11 is 0. The smallest absolute Gasteiger partial charge is 0.251 e. The first-order valence-electron chi connectivity index (χ1n) is 7.55. The summed E-state index contributed by atoms with van der Waals surface area (Å²) in [6.45, 7) is -0.306. The lowest BCUT2D eigenvalue weighted by molar-refractivity contribution is 0.0911. The lowest BCUT2D eigenvalue weighted by Gasteiger charge is -2.14. The van der Waals surface area contributed by atoms with Crippen molar-refractivity contribution >= 4 is 5.91 Å². The van der Waals surface area contributed by atoms with Crippen molar-refractivity contribution in [3.63, 3.8) is 0 Å². The molecule has 2 N–H and O–H groups in total. The van der Waals surface area contributed by atoms with Gasteiger partial charge < -0.3 is 15.0 Å². The normalized spacial score (nSPS) is 12.0. The van der Waals surface area contributed by atoms with Gasteiger partial charge in [-0.2, -0.15) is 0 Å². The van der Waals surface area contributed by atoms with Gasteiger partial charge in [-0.05, 0) is 36.4 Å². The number of rotatable bonds is 5. The van der Waals surface area contributed by atoms with E-state index in [-0.39, 0.29) is 6.54 Å². The van der Waals surface area contributed by atoms with Gasteiger partial charge in [0.2, 0.25) is 0 Å². The number of halogens is 2. The molecule has 1 aromatic heterocycles. The van der Waals surface area contributed by atoms with Gasteiger partial charge in [0.1, 0.15) is 17.7 Å². The van der Waals surface area contributed by atoms with Crippen LogP contribution in [-0.4, -0.2) is 27.1 Å². The number of nitrogens with one attached hydrogen (secondary N) is 1. The molecule has 0 fully saturated rings. The Morgan fingerprint density at radius 2 is 1.84 bits per heavy atom. The molecule has 1 heterocycles. The molecular formula is C18H15F2N3O2. The SMILES string of the molecule is O=C(NCC(O)c1c(F)cccc1F)c1ccc(-n2ccnc2)cc1. The first kappa shape index (κ1) is 16.8. The Kier molecular flexibility index (Phi) is 4.85. The average molecular weight is 343 g/mol. The largest absolute Gasteiger partial charge is 0.386 e. The first-order chi connectivity index (χ1) is 12.1. The zero-order chi connectivity index (χ0) is 17.8. The van der Waals surface area contributed by atoms with Crippen LogP contribution in [0.25, 0.3) is 5.69 Å². The minimum atomic E-state index is -1.48. The van der Waals surface area contributed by atoms with E-state index in [1.807, 2.05) is 0 Å². The van der Waals surface area contributed by atoms with Crippen molar-refractivity contribution in [2.24, 2.45) is 0 Å². The van der Waals surface area contributed by atoms with Gasteiger partial charge in [0, 0.05) is 30.2 Å². The van der Waals surface area contributed by atoms with Crippen molar-refractivity contribution in [3.05, 3.63) is 83.9 Å². The highest BCUT2D eigenvalue weighted by Crippen LogP contribution is 2.20. The van der Waals surface area contributed by atoms with Crippen molar-refractivity contribution in [2.45, 2.75) is 6.10 Å². The molecule has 25 heavy (non-hydrogen) atoms. The molecule has 0 saturated carbocycles. The van der Waals surface area contributed by atoms with Gasteiger partial charge in [-0.15, -0.1) is 0 Å². The fourth-order valence-electron chi connectivity index (χ4n) is 2.42. The van der Waals surface area contributed by atoms with Gasteiger partial charge >= 0.3 is 0 Å². The highest BCUT2D eigenvalue weighted by molar-refractivity contribution is 5.94. The molecule has 0 radical (unpaired) electrons. The number of hydrogen-bond donors (Lipinski definition) is 2. The third-order valence-electron chi connectivity index (χ3n) is 3.72. The second kappa shape index (κ2) is 7.23. The third-order valence-corrected chi connectivity index (χ3v) is 3.72. The maximum atomic E-state index is 13.6.